The quantitative estimate of drug-likeness (QED) is 0.882. The number of nitrogens with zero attached hydrogens (tertiary/aromatic N) is 1. The highest BCUT2D eigenvalue weighted by Crippen LogP contribution is 2.13. The molecule has 2 aromatic rings. The molecule has 0 aliphatic carbocycles. The van der Waals surface area contributed by atoms with E-state index in [1.807, 2.05) is 6.92 Å². The Bertz CT molecular complexity index is 654. The third-order valence-corrected chi connectivity index (χ3v) is 3.10. The smallest absolute Gasteiger partial charge is 0.256 e. The number of hydrogen-bond donors (Lipinski definition) is 2. The van der Waals surface area contributed by atoms with E-state index in [1.165, 1.54) is 6.20 Å². The topological polar surface area (TPSA) is 71.1 Å². The van der Waals surface area contributed by atoms with Crippen molar-refractivity contribution in [2.75, 3.05) is 10.6 Å². The van der Waals surface area contributed by atoms with Gasteiger partial charge in [-0.05, 0) is 42.8 Å². The monoisotopic (exact) mass is 317 g/mol. The number of carbonyl (C=O) groups is 2. The van der Waals surface area contributed by atoms with Gasteiger partial charge < -0.3 is 10.6 Å². The summed E-state index contributed by atoms with van der Waals surface area (Å²) in [6, 6.07) is 9.95. The van der Waals surface area contributed by atoms with Crippen LogP contribution in [0.25, 0.3) is 0 Å². The molecule has 0 aliphatic rings. The lowest BCUT2D eigenvalue weighted by Crippen LogP contribution is -2.13. The Morgan fingerprint density at radius 1 is 1.09 bits per heavy atom. The van der Waals surface area contributed by atoms with E-state index in [9.17, 15) is 9.59 Å². The van der Waals surface area contributed by atoms with Crippen molar-refractivity contribution in [2.24, 2.45) is 0 Å². The Morgan fingerprint density at radius 3 is 2.41 bits per heavy atom. The highest BCUT2D eigenvalue weighted by Gasteiger charge is 2.07. The largest absolute Gasteiger partial charge is 0.326 e. The Hall–Kier alpha value is -2.40. The van der Waals surface area contributed by atoms with Crippen LogP contribution >= 0.6 is 11.6 Å². The zero-order valence-corrected chi connectivity index (χ0v) is 12.9. The van der Waals surface area contributed by atoms with E-state index < -0.39 is 0 Å². The maximum atomic E-state index is 12.1. The Kier molecular flexibility index (Phi) is 5.49. The first-order valence-corrected chi connectivity index (χ1v) is 7.29. The second kappa shape index (κ2) is 7.56. The molecule has 2 amide bonds. The molecule has 0 spiro atoms. The maximum absolute atomic E-state index is 12.1. The fourth-order valence-electron chi connectivity index (χ4n) is 1.79. The number of hydrogen-bond acceptors (Lipinski definition) is 3. The third kappa shape index (κ3) is 4.56. The number of aromatic nitrogens is 1. The lowest BCUT2D eigenvalue weighted by atomic mass is 10.2. The minimum absolute atomic E-state index is 0.0370. The number of nitrogens with one attached hydrogen (secondary N) is 2. The van der Waals surface area contributed by atoms with E-state index >= 15 is 0 Å². The summed E-state index contributed by atoms with van der Waals surface area (Å²) in [5.41, 5.74) is 1.14. The van der Waals surface area contributed by atoms with Gasteiger partial charge in [0.25, 0.3) is 5.91 Å². The number of pyridine rings is 1. The van der Waals surface area contributed by atoms with E-state index in [2.05, 4.69) is 15.6 Å². The molecule has 0 bridgehead atoms. The van der Waals surface area contributed by atoms with Crippen LogP contribution in [-0.2, 0) is 4.79 Å². The van der Waals surface area contributed by atoms with Gasteiger partial charge in [0.15, 0.2) is 0 Å². The van der Waals surface area contributed by atoms with E-state index in [0.717, 1.165) is 6.42 Å². The fourth-order valence-corrected chi connectivity index (χ4v) is 1.91. The molecule has 5 nitrogen and oxygen atoms in total. The van der Waals surface area contributed by atoms with Gasteiger partial charge in [0.05, 0.1) is 5.02 Å². The van der Waals surface area contributed by atoms with Crippen molar-refractivity contribution in [3.05, 3.63) is 53.2 Å². The minimum atomic E-state index is -0.277. The van der Waals surface area contributed by atoms with Gasteiger partial charge in [0.1, 0.15) is 5.82 Å². The molecule has 0 radical (unpaired) electrons. The van der Waals surface area contributed by atoms with Crippen molar-refractivity contribution in [2.45, 2.75) is 19.8 Å². The fraction of sp³-hybridized carbons (Fsp3) is 0.188. The SMILES string of the molecule is CCCC(=O)Nc1ccc(C(=O)Nc2ccc(Cl)cn2)cc1. The first kappa shape index (κ1) is 16.0. The zero-order chi connectivity index (χ0) is 15.9. The number of carbonyl (C=O) groups excluding carboxylic acids is 2. The Labute approximate surface area is 133 Å². The number of rotatable bonds is 5. The van der Waals surface area contributed by atoms with Crippen LogP contribution in [-0.4, -0.2) is 16.8 Å². The molecule has 2 N–H and O–H groups in total. The highest BCUT2D eigenvalue weighted by molar-refractivity contribution is 6.30. The average molecular weight is 318 g/mol. The Morgan fingerprint density at radius 2 is 1.82 bits per heavy atom. The molecular weight excluding hydrogens is 302 g/mol. The molecule has 1 aromatic carbocycles. The van der Waals surface area contributed by atoms with Crippen LogP contribution in [0.15, 0.2) is 42.6 Å². The second-order valence-corrected chi connectivity index (χ2v) is 5.13. The lowest BCUT2D eigenvalue weighted by Gasteiger charge is -2.07. The molecule has 0 unspecified atom stereocenters. The average Bonchev–Trinajstić information content (AvgIpc) is 2.50. The van der Waals surface area contributed by atoms with Gasteiger partial charge >= 0.3 is 0 Å². The summed E-state index contributed by atoms with van der Waals surface area (Å²) in [6.07, 6.45) is 2.73. The van der Waals surface area contributed by atoms with Crippen LogP contribution in [0.2, 0.25) is 5.02 Å². The van der Waals surface area contributed by atoms with Crippen molar-refractivity contribution in [1.82, 2.24) is 4.98 Å². The van der Waals surface area contributed by atoms with Gasteiger partial charge in [-0.3, -0.25) is 9.59 Å². The highest BCUT2D eigenvalue weighted by atomic mass is 35.5. The lowest BCUT2D eigenvalue weighted by molar-refractivity contribution is -0.116. The first-order valence-electron chi connectivity index (χ1n) is 6.91. The van der Waals surface area contributed by atoms with Crippen molar-refractivity contribution >= 4 is 34.9 Å². The van der Waals surface area contributed by atoms with Crippen LogP contribution in [0.1, 0.15) is 30.1 Å². The van der Waals surface area contributed by atoms with E-state index in [-0.39, 0.29) is 11.8 Å². The normalized spacial score (nSPS) is 10.1. The molecule has 1 aromatic heterocycles. The van der Waals surface area contributed by atoms with Crippen LogP contribution in [0.5, 0.6) is 0 Å². The van der Waals surface area contributed by atoms with Gasteiger partial charge in [-0.25, -0.2) is 4.98 Å². The summed E-state index contributed by atoms with van der Waals surface area (Å²) in [5.74, 6) is 0.112. The summed E-state index contributed by atoms with van der Waals surface area (Å²) in [6.45, 7) is 1.94. The van der Waals surface area contributed by atoms with Crippen LogP contribution in [0, 0.1) is 0 Å². The Balaban J connectivity index is 1.98. The second-order valence-electron chi connectivity index (χ2n) is 4.69. The number of amides is 2. The minimum Gasteiger partial charge on any atom is -0.326 e. The molecule has 2 rings (SSSR count). The predicted octanol–water partition coefficient (Wildman–Crippen LogP) is 3.73. The molecule has 0 atom stereocenters. The molecule has 0 fully saturated rings. The van der Waals surface area contributed by atoms with Gasteiger partial charge in [0.2, 0.25) is 5.91 Å². The molecule has 6 heteroatoms. The summed E-state index contributed by atoms with van der Waals surface area (Å²) in [5, 5.41) is 5.94. The first-order chi connectivity index (χ1) is 10.6. The number of halogens is 1. The number of anilines is 2. The van der Waals surface area contributed by atoms with E-state index in [4.69, 9.17) is 11.6 Å². The summed E-state index contributed by atoms with van der Waals surface area (Å²) in [7, 11) is 0. The van der Waals surface area contributed by atoms with Crippen molar-refractivity contribution in [1.29, 1.82) is 0 Å². The van der Waals surface area contributed by atoms with Crippen LogP contribution in [0.3, 0.4) is 0 Å². The van der Waals surface area contributed by atoms with Crippen LogP contribution < -0.4 is 10.6 Å². The molecule has 0 saturated heterocycles. The molecule has 22 heavy (non-hydrogen) atoms. The third-order valence-electron chi connectivity index (χ3n) is 2.88. The van der Waals surface area contributed by atoms with Crippen molar-refractivity contribution in [3.63, 3.8) is 0 Å². The van der Waals surface area contributed by atoms with Gasteiger partial charge in [-0.15, -0.1) is 0 Å². The standard InChI is InChI=1S/C16H16ClN3O2/c1-2-3-15(21)19-13-7-4-11(5-8-13)16(22)20-14-9-6-12(17)10-18-14/h4-10H,2-3H2,1H3,(H,19,21)(H,18,20,22). The summed E-state index contributed by atoms with van der Waals surface area (Å²) in [4.78, 5) is 27.6. The molecular formula is C16H16ClN3O2. The number of benzene rings is 1. The van der Waals surface area contributed by atoms with Gasteiger partial charge in [-0.2, -0.15) is 0 Å². The molecule has 0 aliphatic heterocycles. The molecule has 1 heterocycles. The predicted molar refractivity (Wildman–Crippen MR) is 87.2 cm³/mol. The molecule has 114 valence electrons. The van der Waals surface area contributed by atoms with E-state index in [1.54, 1.807) is 36.4 Å². The van der Waals surface area contributed by atoms with Gasteiger partial charge in [-0.1, -0.05) is 18.5 Å². The van der Waals surface area contributed by atoms with E-state index in [0.29, 0.717) is 28.5 Å². The summed E-state index contributed by atoms with van der Waals surface area (Å²) >= 11 is 5.74. The van der Waals surface area contributed by atoms with Crippen LogP contribution in [0.4, 0.5) is 11.5 Å². The zero-order valence-electron chi connectivity index (χ0n) is 12.1. The maximum Gasteiger partial charge on any atom is 0.256 e. The van der Waals surface area contributed by atoms with Crippen molar-refractivity contribution < 1.29 is 9.59 Å². The van der Waals surface area contributed by atoms with Crippen molar-refractivity contribution in [3.8, 4) is 0 Å². The summed E-state index contributed by atoms with van der Waals surface area (Å²) < 4.78 is 0. The van der Waals surface area contributed by atoms with Gasteiger partial charge in [0, 0.05) is 23.9 Å². The molecule has 0 saturated carbocycles.